The number of aryl methyl sites for hydroxylation is 2. The summed E-state index contributed by atoms with van der Waals surface area (Å²) >= 11 is 1.32. The second-order valence-electron chi connectivity index (χ2n) is 4.08. The number of carbonyl (C=O) groups is 1. The van der Waals surface area contributed by atoms with Crippen LogP contribution in [0.2, 0.25) is 0 Å². The normalized spacial score (nSPS) is 10.7. The fourth-order valence-electron chi connectivity index (χ4n) is 1.44. The molecule has 0 amide bonds. The molecule has 0 saturated carbocycles. The lowest BCUT2D eigenvalue weighted by molar-refractivity contribution is 0.0982. The molecule has 2 rings (SSSR count). The maximum absolute atomic E-state index is 11.1. The maximum atomic E-state index is 11.1. The molecule has 0 spiro atoms. The Kier molecular flexibility index (Phi) is 3.52. The number of hydrogen-bond donors (Lipinski definition) is 0. The zero-order chi connectivity index (χ0) is 13.3. The van der Waals surface area contributed by atoms with Crippen molar-refractivity contribution >= 4 is 17.5 Å². The summed E-state index contributed by atoms with van der Waals surface area (Å²) in [6, 6.07) is 3.42. The topological polar surface area (TPSA) is 56.0 Å². The van der Waals surface area contributed by atoms with E-state index in [1.54, 1.807) is 12.1 Å². The van der Waals surface area contributed by atoms with Gasteiger partial charge in [0, 0.05) is 18.3 Å². The Morgan fingerprint density at radius 1 is 1.17 bits per heavy atom. The van der Waals surface area contributed by atoms with E-state index in [9.17, 15) is 4.79 Å². The molecule has 0 aromatic carbocycles. The van der Waals surface area contributed by atoms with E-state index in [1.807, 2.05) is 20.8 Å². The minimum atomic E-state index is -0.0842. The summed E-state index contributed by atoms with van der Waals surface area (Å²) in [7, 11) is 0. The van der Waals surface area contributed by atoms with Crippen LogP contribution in [0, 0.1) is 20.8 Å². The van der Waals surface area contributed by atoms with Crippen molar-refractivity contribution in [1.82, 2.24) is 9.97 Å². The third kappa shape index (κ3) is 2.61. The first-order valence-electron chi connectivity index (χ1n) is 5.58. The van der Waals surface area contributed by atoms with Crippen molar-refractivity contribution in [3.05, 3.63) is 34.8 Å². The predicted molar refractivity (Wildman–Crippen MR) is 69.1 cm³/mol. The second-order valence-corrected chi connectivity index (χ2v) is 5.05. The molecule has 0 saturated heterocycles. The smallest absolute Gasteiger partial charge is 0.195 e. The Morgan fingerprint density at radius 2 is 1.78 bits per heavy atom. The van der Waals surface area contributed by atoms with Gasteiger partial charge >= 0.3 is 0 Å². The fraction of sp³-hybridized carbons (Fsp3) is 0.308. The van der Waals surface area contributed by atoms with Crippen LogP contribution in [0.15, 0.2) is 26.8 Å². The molecule has 94 valence electrons. The molecule has 0 radical (unpaired) electrons. The van der Waals surface area contributed by atoms with Crippen LogP contribution < -0.4 is 0 Å². The SMILES string of the molecule is CC(=O)c1ccc(Sc2nc(C)c(C)c(C)n2)o1. The van der Waals surface area contributed by atoms with E-state index in [2.05, 4.69) is 9.97 Å². The van der Waals surface area contributed by atoms with Gasteiger partial charge in [0.1, 0.15) is 0 Å². The maximum Gasteiger partial charge on any atom is 0.195 e. The van der Waals surface area contributed by atoms with Gasteiger partial charge in [-0.05, 0) is 50.2 Å². The van der Waals surface area contributed by atoms with Crippen LogP contribution >= 0.6 is 11.8 Å². The van der Waals surface area contributed by atoms with Crippen LogP contribution in [0.25, 0.3) is 0 Å². The van der Waals surface area contributed by atoms with Gasteiger partial charge in [-0.3, -0.25) is 4.79 Å². The fourth-order valence-corrected chi connectivity index (χ4v) is 2.25. The number of carbonyl (C=O) groups excluding carboxylic acids is 1. The van der Waals surface area contributed by atoms with Gasteiger partial charge < -0.3 is 4.42 Å². The molecule has 0 bridgehead atoms. The van der Waals surface area contributed by atoms with Crippen molar-refractivity contribution in [1.29, 1.82) is 0 Å². The van der Waals surface area contributed by atoms with E-state index in [0.717, 1.165) is 17.0 Å². The highest BCUT2D eigenvalue weighted by atomic mass is 32.2. The Hall–Kier alpha value is -1.62. The standard InChI is InChI=1S/C13H14N2O2S/c1-7-8(2)14-13(15-9(7)3)18-12-6-5-11(17-12)10(4)16/h5-6H,1-4H3. The number of furan rings is 1. The molecule has 0 unspecified atom stereocenters. The molecule has 2 heterocycles. The highest BCUT2D eigenvalue weighted by Crippen LogP contribution is 2.27. The predicted octanol–water partition coefficient (Wildman–Crippen LogP) is 3.35. The number of hydrogen-bond acceptors (Lipinski definition) is 5. The molecule has 4 nitrogen and oxygen atoms in total. The lowest BCUT2D eigenvalue weighted by Gasteiger charge is -2.05. The summed E-state index contributed by atoms with van der Waals surface area (Å²) in [5.74, 6) is 0.275. The number of nitrogens with zero attached hydrogens (tertiary/aromatic N) is 2. The van der Waals surface area contributed by atoms with Crippen molar-refractivity contribution in [2.45, 2.75) is 37.9 Å². The molecule has 2 aromatic heterocycles. The lowest BCUT2D eigenvalue weighted by Crippen LogP contribution is -1.97. The van der Waals surface area contributed by atoms with E-state index in [4.69, 9.17) is 4.42 Å². The van der Waals surface area contributed by atoms with E-state index in [0.29, 0.717) is 16.0 Å². The molecule has 2 aromatic rings. The van der Waals surface area contributed by atoms with Gasteiger partial charge in [0.05, 0.1) is 0 Å². The Balaban J connectivity index is 2.25. The van der Waals surface area contributed by atoms with Crippen LogP contribution in [-0.2, 0) is 0 Å². The minimum Gasteiger partial charge on any atom is -0.446 e. The molecule has 0 aliphatic rings. The first kappa shape index (κ1) is 12.8. The Labute approximate surface area is 110 Å². The monoisotopic (exact) mass is 262 g/mol. The average molecular weight is 262 g/mol. The number of rotatable bonds is 3. The third-order valence-electron chi connectivity index (χ3n) is 2.73. The summed E-state index contributed by atoms with van der Waals surface area (Å²) in [6.07, 6.45) is 0. The second kappa shape index (κ2) is 4.94. The molecular weight excluding hydrogens is 248 g/mol. The van der Waals surface area contributed by atoms with Crippen LogP contribution in [0.1, 0.15) is 34.4 Å². The summed E-state index contributed by atoms with van der Waals surface area (Å²) in [4.78, 5) is 19.9. The van der Waals surface area contributed by atoms with Crippen LogP contribution in [-0.4, -0.2) is 15.8 Å². The molecule has 0 atom stereocenters. The van der Waals surface area contributed by atoms with Crippen LogP contribution in [0.3, 0.4) is 0 Å². The highest BCUT2D eigenvalue weighted by Gasteiger charge is 2.11. The highest BCUT2D eigenvalue weighted by molar-refractivity contribution is 7.99. The Bertz CT molecular complexity index is 582. The molecule has 0 fully saturated rings. The zero-order valence-electron chi connectivity index (χ0n) is 10.8. The van der Waals surface area contributed by atoms with Crippen molar-refractivity contribution in [3.63, 3.8) is 0 Å². The number of ketones is 1. The van der Waals surface area contributed by atoms with Crippen LogP contribution in [0.5, 0.6) is 0 Å². The van der Waals surface area contributed by atoms with Crippen molar-refractivity contribution in [3.8, 4) is 0 Å². The van der Waals surface area contributed by atoms with Crippen molar-refractivity contribution < 1.29 is 9.21 Å². The van der Waals surface area contributed by atoms with E-state index in [-0.39, 0.29) is 5.78 Å². The van der Waals surface area contributed by atoms with E-state index in [1.165, 1.54) is 18.7 Å². The summed E-state index contributed by atoms with van der Waals surface area (Å²) in [5.41, 5.74) is 3.02. The number of Topliss-reactive ketones (excluding diaryl/α,β-unsaturated/α-hetero) is 1. The van der Waals surface area contributed by atoms with Crippen LogP contribution in [0.4, 0.5) is 0 Å². The Morgan fingerprint density at radius 3 is 2.28 bits per heavy atom. The van der Waals surface area contributed by atoms with E-state index >= 15 is 0 Å². The largest absolute Gasteiger partial charge is 0.446 e. The lowest BCUT2D eigenvalue weighted by atomic mass is 10.2. The molecule has 5 heteroatoms. The summed E-state index contributed by atoms with van der Waals surface area (Å²) < 4.78 is 5.39. The van der Waals surface area contributed by atoms with Crippen molar-refractivity contribution in [2.75, 3.05) is 0 Å². The van der Waals surface area contributed by atoms with Gasteiger partial charge in [0.2, 0.25) is 0 Å². The first-order valence-corrected chi connectivity index (χ1v) is 6.39. The van der Waals surface area contributed by atoms with Gasteiger partial charge in [0.25, 0.3) is 0 Å². The van der Waals surface area contributed by atoms with Gasteiger partial charge in [-0.1, -0.05) is 0 Å². The van der Waals surface area contributed by atoms with Gasteiger partial charge in [-0.2, -0.15) is 0 Å². The summed E-state index contributed by atoms with van der Waals surface area (Å²) in [6.45, 7) is 7.39. The van der Waals surface area contributed by atoms with Gasteiger partial charge in [-0.15, -0.1) is 0 Å². The quantitative estimate of drug-likeness (QED) is 0.627. The first-order chi connectivity index (χ1) is 8.47. The molecule has 0 aliphatic heterocycles. The average Bonchev–Trinajstić information content (AvgIpc) is 2.74. The van der Waals surface area contributed by atoms with Gasteiger partial charge in [-0.25, -0.2) is 9.97 Å². The number of aromatic nitrogens is 2. The van der Waals surface area contributed by atoms with Gasteiger partial charge in [0.15, 0.2) is 21.8 Å². The molecule has 0 N–H and O–H groups in total. The molecule has 0 aliphatic carbocycles. The third-order valence-corrected chi connectivity index (χ3v) is 3.52. The zero-order valence-corrected chi connectivity index (χ0v) is 11.6. The molecular formula is C13H14N2O2S. The van der Waals surface area contributed by atoms with Crippen molar-refractivity contribution in [2.24, 2.45) is 0 Å². The minimum absolute atomic E-state index is 0.0842. The molecule has 18 heavy (non-hydrogen) atoms. The summed E-state index contributed by atoms with van der Waals surface area (Å²) in [5, 5.41) is 1.27. The van der Waals surface area contributed by atoms with E-state index < -0.39 is 0 Å².